The number of carbonyl (C=O) groups excluding carboxylic acids is 3. The van der Waals surface area contributed by atoms with Crippen molar-refractivity contribution in [1.82, 2.24) is 4.90 Å². The molecule has 100 valence electrons. The van der Waals surface area contributed by atoms with Gasteiger partial charge in [0, 0.05) is 25.4 Å². The standard InChI is InChI=1S/C13H19NO4/c1-2-18-13(17)6-11(15)10-5-12(16)14(8-10)7-9-3-4-9/h9-10H,2-8H2,1H3. The van der Waals surface area contributed by atoms with E-state index in [1.54, 1.807) is 11.8 Å². The van der Waals surface area contributed by atoms with E-state index in [-0.39, 0.29) is 37.1 Å². The van der Waals surface area contributed by atoms with E-state index in [4.69, 9.17) is 4.74 Å². The Kier molecular flexibility index (Phi) is 3.99. The van der Waals surface area contributed by atoms with Gasteiger partial charge in [-0.15, -0.1) is 0 Å². The van der Waals surface area contributed by atoms with Gasteiger partial charge in [-0.25, -0.2) is 0 Å². The summed E-state index contributed by atoms with van der Waals surface area (Å²) >= 11 is 0. The lowest BCUT2D eigenvalue weighted by Gasteiger charge is -2.15. The normalized spacial score (nSPS) is 23.3. The third-order valence-electron chi connectivity index (χ3n) is 3.47. The number of likely N-dealkylation sites (tertiary alicyclic amines) is 1. The summed E-state index contributed by atoms with van der Waals surface area (Å²) in [6.45, 7) is 3.25. The number of esters is 1. The molecule has 1 unspecified atom stereocenters. The fraction of sp³-hybridized carbons (Fsp3) is 0.769. The van der Waals surface area contributed by atoms with Gasteiger partial charge in [0.05, 0.1) is 6.61 Å². The zero-order chi connectivity index (χ0) is 13.1. The molecule has 5 nitrogen and oxygen atoms in total. The molecule has 1 saturated carbocycles. The van der Waals surface area contributed by atoms with Crippen LogP contribution in [-0.2, 0) is 19.1 Å². The summed E-state index contributed by atoms with van der Waals surface area (Å²) < 4.78 is 4.74. The highest BCUT2D eigenvalue weighted by atomic mass is 16.5. The number of nitrogens with zero attached hydrogens (tertiary/aromatic N) is 1. The van der Waals surface area contributed by atoms with Crippen LogP contribution in [0, 0.1) is 11.8 Å². The lowest BCUT2D eigenvalue weighted by molar-refractivity contribution is -0.146. The molecule has 0 aromatic carbocycles. The monoisotopic (exact) mass is 253 g/mol. The number of rotatable bonds is 6. The fourth-order valence-corrected chi connectivity index (χ4v) is 2.28. The highest BCUT2D eigenvalue weighted by molar-refractivity contribution is 5.99. The summed E-state index contributed by atoms with van der Waals surface area (Å²) in [6, 6.07) is 0. The minimum atomic E-state index is -0.490. The molecule has 1 amide bonds. The van der Waals surface area contributed by atoms with Gasteiger partial charge >= 0.3 is 5.97 Å². The minimum Gasteiger partial charge on any atom is -0.466 e. The predicted molar refractivity (Wildman–Crippen MR) is 63.7 cm³/mol. The summed E-state index contributed by atoms with van der Waals surface area (Å²) in [4.78, 5) is 36.6. The molecule has 0 N–H and O–H groups in total. The molecule has 0 aromatic rings. The van der Waals surface area contributed by atoms with Gasteiger partial charge in [0.15, 0.2) is 0 Å². The van der Waals surface area contributed by atoms with Crippen LogP contribution in [0.1, 0.15) is 32.6 Å². The van der Waals surface area contributed by atoms with Crippen LogP contribution in [0.4, 0.5) is 0 Å². The smallest absolute Gasteiger partial charge is 0.313 e. The summed E-state index contributed by atoms with van der Waals surface area (Å²) in [5, 5.41) is 0. The quantitative estimate of drug-likeness (QED) is 0.518. The van der Waals surface area contributed by atoms with Crippen molar-refractivity contribution in [2.45, 2.75) is 32.6 Å². The Balaban J connectivity index is 1.80. The van der Waals surface area contributed by atoms with E-state index in [9.17, 15) is 14.4 Å². The number of ketones is 1. The Labute approximate surface area is 106 Å². The number of amides is 1. The van der Waals surface area contributed by atoms with Gasteiger partial charge < -0.3 is 9.64 Å². The van der Waals surface area contributed by atoms with Crippen LogP contribution in [0.15, 0.2) is 0 Å². The molecule has 1 heterocycles. The molecule has 1 atom stereocenters. The summed E-state index contributed by atoms with van der Waals surface area (Å²) in [5.41, 5.74) is 0. The fourth-order valence-electron chi connectivity index (χ4n) is 2.28. The molecule has 2 rings (SSSR count). The molecule has 2 aliphatic rings. The van der Waals surface area contributed by atoms with Crippen molar-refractivity contribution in [2.75, 3.05) is 19.7 Å². The molecule has 1 aliphatic carbocycles. The van der Waals surface area contributed by atoms with E-state index >= 15 is 0 Å². The Bertz CT molecular complexity index is 362. The number of hydrogen-bond acceptors (Lipinski definition) is 4. The van der Waals surface area contributed by atoms with Crippen molar-refractivity contribution in [3.05, 3.63) is 0 Å². The van der Waals surface area contributed by atoms with Crippen molar-refractivity contribution in [2.24, 2.45) is 11.8 Å². The first-order valence-corrected chi connectivity index (χ1v) is 6.56. The van der Waals surface area contributed by atoms with Crippen molar-refractivity contribution in [1.29, 1.82) is 0 Å². The maximum absolute atomic E-state index is 11.8. The topological polar surface area (TPSA) is 63.7 Å². The zero-order valence-corrected chi connectivity index (χ0v) is 10.7. The summed E-state index contributed by atoms with van der Waals surface area (Å²) in [6.07, 6.45) is 2.42. The maximum Gasteiger partial charge on any atom is 0.313 e. The van der Waals surface area contributed by atoms with Crippen molar-refractivity contribution >= 4 is 17.7 Å². The van der Waals surface area contributed by atoms with Crippen LogP contribution in [0.3, 0.4) is 0 Å². The van der Waals surface area contributed by atoms with E-state index in [1.807, 2.05) is 0 Å². The first-order chi connectivity index (χ1) is 8.60. The molecular formula is C13H19NO4. The third-order valence-corrected chi connectivity index (χ3v) is 3.47. The van der Waals surface area contributed by atoms with Crippen LogP contribution < -0.4 is 0 Å². The van der Waals surface area contributed by atoms with Gasteiger partial charge in [0.2, 0.25) is 5.91 Å². The summed E-state index contributed by atoms with van der Waals surface area (Å²) in [7, 11) is 0. The molecule has 5 heteroatoms. The Morgan fingerprint density at radius 1 is 1.39 bits per heavy atom. The van der Waals surface area contributed by atoms with Crippen LogP contribution in [0.5, 0.6) is 0 Å². The number of ether oxygens (including phenoxy) is 1. The molecule has 0 radical (unpaired) electrons. The van der Waals surface area contributed by atoms with Gasteiger partial charge in [0.1, 0.15) is 12.2 Å². The molecule has 1 saturated heterocycles. The van der Waals surface area contributed by atoms with Crippen molar-refractivity contribution < 1.29 is 19.1 Å². The van der Waals surface area contributed by atoms with E-state index in [0.29, 0.717) is 12.5 Å². The highest BCUT2D eigenvalue weighted by Gasteiger charge is 2.37. The van der Waals surface area contributed by atoms with E-state index in [2.05, 4.69) is 0 Å². The Hall–Kier alpha value is -1.39. The zero-order valence-electron chi connectivity index (χ0n) is 10.7. The van der Waals surface area contributed by atoms with Gasteiger partial charge in [0.25, 0.3) is 0 Å². The first-order valence-electron chi connectivity index (χ1n) is 6.56. The van der Waals surface area contributed by atoms with Gasteiger partial charge in [-0.2, -0.15) is 0 Å². The van der Waals surface area contributed by atoms with E-state index in [0.717, 1.165) is 6.54 Å². The van der Waals surface area contributed by atoms with Crippen LogP contribution in [-0.4, -0.2) is 42.3 Å². The Morgan fingerprint density at radius 2 is 2.11 bits per heavy atom. The second kappa shape index (κ2) is 5.50. The highest BCUT2D eigenvalue weighted by Crippen LogP contribution is 2.32. The lowest BCUT2D eigenvalue weighted by Crippen LogP contribution is -2.28. The second-order valence-corrected chi connectivity index (χ2v) is 5.09. The molecule has 2 fully saturated rings. The van der Waals surface area contributed by atoms with Gasteiger partial charge in [-0.05, 0) is 25.7 Å². The van der Waals surface area contributed by atoms with Gasteiger partial charge in [-0.1, -0.05) is 0 Å². The van der Waals surface area contributed by atoms with Crippen LogP contribution >= 0.6 is 0 Å². The molecule has 0 spiro atoms. The average molecular weight is 253 g/mol. The maximum atomic E-state index is 11.8. The summed E-state index contributed by atoms with van der Waals surface area (Å²) in [5.74, 6) is -0.298. The van der Waals surface area contributed by atoms with E-state index in [1.165, 1.54) is 12.8 Å². The Morgan fingerprint density at radius 3 is 2.72 bits per heavy atom. The number of Topliss-reactive ketones (excluding diaryl/α,β-unsaturated/α-hetero) is 1. The molecule has 1 aliphatic heterocycles. The lowest BCUT2D eigenvalue weighted by atomic mass is 10.0. The second-order valence-electron chi connectivity index (χ2n) is 5.09. The number of hydrogen-bond donors (Lipinski definition) is 0. The average Bonchev–Trinajstić information content (AvgIpc) is 3.03. The third kappa shape index (κ3) is 3.31. The first kappa shape index (κ1) is 13.1. The van der Waals surface area contributed by atoms with Crippen LogP contribution in [0.2, 0.25) is 0 Å². The molecule has 0 aromatic heterocycles. The number of carbonyl (C=O) groups is 3. The van der Waals surface area contributed by atoms with Crippen LogP contribution in [0.25, 0.3) is 0 Å². The SMILES string of the molecule is CCOC(=O)CC(=O)C1CC(=O)N(CC2CC2)C1. The largest absolute Gasteiger partial charge is 0.466 e. The van der Waals surface area contributed by atoms with E-state index < -0.39 is 5.97 Å². The van der Waals surface area contributed by atoms with Crippen molar-refractivity contribution in [3.63, 3.8) is 0 Å². The minimum absolute atomic E-state index is 0.0455. The molecule has 18 heavy (non-hydrogen) atoms. The van der Waals surface area contributed by atoms with Gasteiger partial charge in [-0.3, -0.25) is 14.4 Å². The predicted octanol–water partition coefficient (Wildman–Crippen LogP) is 0.767. The van der Waals surface area contributed by atoms with Crippen molar-refractivity contribution in [3.8, 4) is 0 Å². The molecule has 0 bridgehead atoms. The molecular weight excluding hydrogens is 234 g/mol.